The number of rotatable bonds is 7. The normalized spacial score (nSPS) is 21.4. The van der Waals surface area contributed by atoms with E-state index in [9.17, 15) is 0 Å². The zero-order valence-electron chi connectivity index (χ0n) is 16.4. The maximum atomic E-state index is 5.14. The van der Waals surface area contributed by atoms with Gasteiger partial charge in [0, 0.05) is 37.5 Å². The van der Waals surface area contributed by atoms with Crippen molar-refractivity contribution < 1.29 is 4.52 Å². The Labute approximate surface area is 165 Å². The number of likely N-dealkylation sites (tertiary alicyclic amines) is 1. The summed E-state index contributed by atoms with van der Waals surface area (Å²) in [7, 11) is 4.06. The Kier molecular flexibility index (Phi) is 7.23. The van der Waals surface area contributed by atoms with Crippen molar-refractivity contribution in [2.45, 2.75) is 38.6 Å². The molecule has 7 nitrogen and oxygen atoms in total. The van der Waals surface area contributed by atoms with Gasteiger partial charge in [-0.25, -0.2) is 0 Å². The molecule has 8 heteroatoms. The Balaban J connectivity index is 1.45. The van der Waals surface area contributed by atoms with Crippen LogP contribution in [-0.2, 0) is 6.42 Å². The van der Waals surface area contributed by atoms with Crippen molar-refractivity contribution in [2.75, 3.05) is 33.7 Å². The summed E-state index contributed by atoms with van der Waals surface area (Å²) in [5, 5.41) is 12.9. The van der Waals surface area contributed by atoms with E-state index in [4.69, 9.17) is 4.52 Å². The monoisotopic (exact) mass is 390 g/mol. The van der Waals surface area contributed by atoms with Gasteiger partial charge in [0.1, 0.15) is 0 Å². The molecule has 0 spiro atoms. The van der Waals surface area contributed by atoms with Gasteiger partial charge < -0.3 is 15.2 Å². The fraction of sp³-hybridized carbons (Fsp3) is 0.632. The van der Waals surface area contributed by atoms with Crippen molar-refractivity contribution in [3.05, 3.63) is 34.1 Å². The summed E-state index contributed by atoms with van der Waals surface area (Å²) in [4.78, 5) is 12.5. The minimum absolute atomic E-state index is 0.491. The lowest BCUT2D eigenvalue weighted by Crippen LogP contribution is -2.45. The molecule has 1 aliphatic rings. The first-order valence-electron chi connectivity index (χ1n) is 9.64. The molecule has 0 aliphatic carbocycles. The minimum atomic E-state index is 0.491. The Morgan fingerprint density at radius 2 is 2.33 bits per heavy atom. The SMILES string of the molecule is CN=C(NCCCc1nc(C)no1)NCC1CCCN(C)C1c1cccs1. The summed E-state index contributed by atoms with van der Waals surface area (Å²) in [5.41, 5.74) is 0. The van der Waals surface area contributed by atoms with Crippen LogP contribution in [0.15, 0.2) is 27.0 Å². The first-order valence-corrected chi connectivity index (χ1v) is 10.5. The van der Waals surface area contributed by atoms with Crippen LogP contribution in [0, 0.1) is 12.8 Å². The second kappa shape index (κ2) is 9.85. The molecule has 27 heavy (non-hydrogen) atoms. The summed E-state index contributed by atoms with van der Waals surface area (Å²) in [5.74, 6) is 2.83. The molecule has 0 saturated carbocycles. The molecule has 0 amide bonds. The lowest BCUT2D eigenvalue weighted by molar-refractivity contribution is 0.125. The number of aliphatic imine (C=N–C) groups is 1. The van der Waals surface area contributed by atoms with Crippen LogP contribution in [0.25, 0.3) is 0 Å². The van der Waals surface area contributed by atoms with Crippen LogP contribution in [0.3, 0.4) is 0 Å². The van der Waals surface area contributed by atoms with Crippen LogP contribution in [0.1, 0.15) is 41.9 Å². The topological polar surface area (TPSA) is 78.6 Å². The summed E-state index contributed by atoms with van der Waals surface area (Å²) in [6.45, 7) is 4.75. The molecule has 2 aromatic rings. The van der Waals surface area contributed by atoms with Gasteiger partial charge in [-0.1, -0.05) is 11.2 Å². The van der Waals surface area contributed by atoms with E-state index in [0.717, 1.165) is 31.9 Å². The fourth-order valence-corrected chi connectivity index (χ4v) is 4.70. The number of aryl methyl sites for hydroxylation is 2. The summed E-state index contributed by atoms with van der Waals surface area (Å²) < 4.78 is 5.14. The zero-order chi connectivity index (χ0) is 19.1. The number of piperidine rings is 1. The van der Waals surface area contributed by atoms with Gasteiger partial charge in [0.15, 0.2) is 11.8 Å². The smallest absolute Gasteiger partial charge is 0.226 e. The lowest BCUT2D eigenvalue weighted by Gasteiger charge is -2.39. The maximum Gasteiger partial charge on any atom is 0.226 e. The number of nitrogens with one attached hydrogen (secondary N) is 2. The predicted molar refractivity (Wildman–Crippen MR) is 109 cm³/mol. The molecule has 1 aliphatic heterocycles. The summed E-state index contributed by atoms with van der Waals surface area (Å²) >= 11 is 1.86. The van der Waals surface area contributed by atoms with Gasteiger partial charge in [0.05, 0.1) is 0 Å². The molecule has 148 valence electrons. The summed E-state index contributed by atoms with van der Waals surface area (Å²) in [6, 6.07) is 4.90. The van der Waals surface area contributed by atoms with E-state index in [1.165, 1.54) is 24.3 Å². The highest BCUT2D eigenvalue weighted by molar-refractivity contribution is 7.10. The number of guanidine groups is 1. The molecular formula is C19H30N6OS. The molecule has 3 rings (SSSR count). The number of aromatic nitrogens is 2. The Bertz CT molecular complexity index is 714. The average Bonchev–Trinajstić information content (AvgIpc) is 3.33. The molecule has 0 bridgehead atoms. The van der Waals surface area contributed by atoms with Crippen LogP contribution >= 0.6 is 11.3 Å². The standard InChI is InChI=1S/C19H30N6OS/c1-14-23-17(26-24-14)9-4-10-21-19(20-2)22-13-15-7-5-11-25(3)18(15)16-8-6-12-27-16/h6,8,12,15,18H,4-5,7,9-11,13H2,1-3H3,(H2,20,21,22). The lowest BCUT2D eigenvalue weighted by atomic mass is 9.88. The number of hydrogen-bond acceptors (Lipinski definition) is 6. The molecule has 2 aromatic heterocycles. The van der Waals surface area contributed by atoms with Crippen LogP contribution in [0.5, 0.6) is 0 Å². The highest BCUT2D eigenvalue weighted by Crippen LogP contribution is 2.36. The average molecular weight is 391 g/mol. The molecule has 1 saturated heterocycles. The Morgan fingerprint density at radius 3 is 3.04 bits per heavy atom. The van der Waals surface area contributed by atoms with E-state index < -0.39 is 0 Å². The van der Waals surface area contributed by atoms with Gasteiger partial charge in [-0.05, 0) is 57.1 Å². The van der Waals surface area contributed by atoms with Crippen molar-refractivity contribution in [1.29, 1.82) is 0 Å². The van der Waals surface area contributed by atoms with E-state index in [2.05, 4.69) is 55.2 Å². The van der Waals surface area contributed by atoms with Gasteiger partial charge in [-0.3, -0.25) is 9.89 Å². The molecule has 3 heterocycles. The molecule has 2 atom stereocenters. The van der Waals surface area contributed by atoms with Crippen LogP contribution in [-0.4, -0.2) is 54.7 Å². The molecule has 2 N–H and O–H groups in total. The van der Waals surface area contributed by atoms with Gasteiger partial charge in [0.2, 0.25) is 5.89 Å². The maximum absolute atomic E-state index is 5.14. The first-order chi connectivity index (χ1) is 13.2. The van der Waals surface area contributed by atoms with Crippen LogP contribution in [0.2, 0.25) is 0 Å². The van der Waals surface area contributed by atoms with Crippen LogP contribution < -0.4 is 10.6 Å². The van der Waals surface area contributed by atoms with Crippen molar-refractivity contribution >= 4 is 17.3 Å². The number of hydrogen-bond donors (Lipinski definition) is 2. The third-order valence-corrected chi connectivity index (χ3v) is 5.97. The van der Waals surface area contributed by atoms with Crippen LogP contribution in [0.4, 0.5) is 0 Å². The molecule has 0 aromatic carbocycles. The highest BCUT2D eigenvalue weighted by Gasteiger charge is 2.31. The van der Waals surface area contributed by atoms with Crippen molar-refractivity contribution in [3.63, 3.8) is 0 Å². The third kappa shape index (κ3) is 5.52. The zero-order valence-corrected chi connectivity index (χ0v) is 17.3. The van der Waals surface area contributed by atoms with E-state index in [1.54, 1.807) is 0 Å². The molecule has 0 radical (unpaired) electrons. The minimum Gasteiger partial charge on any atom is -0.356 e. The number of thiophene rings is 1. The van der Waals surface area contributed by atoms with Crippen molar-refractivity contribution in [3.8, 4) is 0 Å². The molecule has 2 unspecified atom stereocenters. The van der Waals surface area contributed by atoms with Gasteiger partial charge in [0.25, 0.3) is 0 Å². The van der Waals surface area contributed by atoms with Gasteiger partial charge >= 0.3 is 0 Å². The van der Waals surface area contributed by atoms with Crippen molar-refractivity contribution in [1.82, 2.24) is 25.7 Å². The third-order valence-electron chi connectivity index (χ3n) is 5.03. The summed E-state index contributed by atoms with van der Waals surface area (Å²) in [6.07, 6.45) is 4.19. The largest absolute Gasteiger partial charge is 0.356 e. The Morgan fingerprint density at radius 1 is 1.44 bits per heavy atom. The van der Waals surface area contributed by atoms with E-state index in [-0.39, 0.29) is 0 Å². The molecule has 1 fully saturated rings. The van der Waals surface area contributed by atoms with E-state index >= 15 is 0 Å². The van der Waals surface area contributed by atoms with Crippen molar-refractivity contribution in [2.24, 2.45) is 10.9 Å². The van der Waals surface area contributed by atoms with E-state index in [0.29, 0.717) is 23.7 Å². The fourth-order valence-electron chi connectivity index (χ4n) is 3.72. The second-order valence-corrected chi connectivity index (χ2v) is 8.04. The predicted octanol–water partition coefficient (Wildman–Crippen LogP) is 2.62. The first kappa shape index (κ1) is 19.8. The molecular weight excluding hydrogens is 360 g/mol. The Hall–Kier alpha value is -1.93. The van der Waals surface area contributed by atoms with Gasteiger partial charge in [-0.15, -0.1) is 11.3 Å². The highest BCUT2D eigenvalue weighted by atomic mass is 32.1. The van der Waals surface area contributed by atoms with E-state index in [1.807, 2.05) is 25.3 Å². The quantitative estimate of drug-likeness (QED) is 0.430. The number of nitrogens with zero attached hydrogens (tertiary/aromatic N) is 4. The van der Waals surface area contributed by atoms with Gasteiger partial charge in [-0.2, -0.15) is 4.98 Å². The second-order valence-electron chi connectivity index (χ2n) is 7.06.